The van der Waals surface area contributed by atoms with Gasteiger partial charge in [-0.3, -0.25) is 4.90 Å². The highest BCUT2D eigenvalue weighted by Crippen LogP contribution is 2.20. The van der Waals surface area contributed by atoms with Gasteiger partial charge in [0.2, 0.25) is 5.95 Å². The number of hydrogen-bond acceptors (Lipinski definition) is 6. The minimum Gasteiger partial charge on any atom is -0.497 e. The average Bonchev–Trinajstić information content (AvgIpc) is 3.43. The molecule has 0 bridgehead atoms. The molecule has 0 radical (unpaired) electrons. The second kappa shape index (κ2) is 9.34. The molecule has 2 saturated heterocycles. The molecular formula is C22H30N4O2. The van der Waals surface area contributed by atoms with E-state index in [1.807, 2.05) is 24.4 Å². The fraction of sp³-hybridized carbons (Fsp3) is 0.545. The zero-order valence-electron chi connectivity index (χ0n) is 16.7. The van der Waals surface area contributed by atoms with Crippen molar-refractivity contribution in [2.24, 2.45) is 0 Å². The summed E-state index contributed by atoms with van der Waals surface area (Å²) in [6.45, 7) is 5.61. The van der Waals surface area contributed by atoms with Crippen molar-refractivity contribution in [1.29, 1.82) is 0 Å². The van der Waals surface area contributed by atoms with Crippen molar-refractivity contribution in [1.82, 2.24) is 14.9 Å². The van der Waals surface area contributed by atoms with Gasteiger partial charge in [-0.25, -0.2) is 9.97 Å². The number of nitrogens with zero attached hydrogens (tertiary/aromatic N) is 4. The van der Waals surface area contributed by atoms with Crippen LogP contribution < -0.4 is 9.64 Å². The van der Waals surface area contributed by atoms with Crippen LogP contribution in [-0.4, -0.2) is 54.3 Å². The molecule has 150 valence electrons. The molecule has 2 aliphatic rings. The highest BCUT2D eigenvalue weighted by atomic mass is 16.5. The van der Waals surface area contributed by atoms with Crippen LogP contribution in [0.3, 0.4) is 0 Å². The lowest BCUT2D eigenvalue weighted by atomic mass is 10.1. The summed E-state index contributed by atoms with van der Waals surface area (Å²) >= 11 is 0. The lowest BCUT2D eigenvalue weighted by Gasteiger charge is -2.25. The van der Waals surface area contributed by atoms with Crippen LogP contribution in [0.25, 0.3) is 0 Å². The molecular weight excluding hydrogens is 352 g/mol. The van der Waals surface area contributed by atoms with E-state index >= 15 is 0 Å². The summed E-state index contributed by atoms with van der Waals surface area (Å²) in [6.07, 6.45) is 6.98. The summed E-state index contributed by atoms with van der Waals surface area (Å²) in [7, 11) is 1.70. The van der Waals surface area contributed by atoms with E-state index < -0.39 is 0 Å². The van der Waals surface area contributed by atoms with Crippen molar-refractivity contribution in [2.75, 3.05) is 38.3 Å². The van der Waals surface area contributed by atoms with E-state index in [9.17, 15) is 0 Å². The molecule has 0 N–H and O–H groups in total. The van der Waals surface area contributed by atoms with Gasteiger partial charge in [0.1, 0.15) is 5.75 Å². The Bertz CT molecular complexity index is 740. The molecule has 3 heterocycles. The average molecular weight is 383 g/mol. The van der Waals surface area contributed by atoms with Crippen molar-refractivity contribution in [3.8, 4) is 5.75 Å². The highest BCUT2D eigenvalue weighted by Gasteiger charge is 2.21. The highest BCUT2D eigenvalue weighted by molar-refractivity contribution is 5.31. The number of anilines is 1. The maximum absolute atomic E-state index is 5.90. The maximum Gasteiger partial charge on any atom is 0.225 e. The number of ether oxygens (including phenoxy) is 2. The van der Waals surface area contributed by atoms with Crippen LogP contribution in [0.2, 0.25) is 0 Å². The Morgan fingerprint density at radius 1 is 1.11 bits per heavy atom. The maximum atomic E-state index is 5.90. The lowest BCUT2D eigenvalue weighted by Crippen LogP contribution is -2.32. The zero-order valence-corrected chi connectivity index (χ0v) is 16.7. The van der Waals surface area contributed by atoms with Crippen LogP contribution in [0.5, 0.6) is 5.75 Å². The van der Waals surface area contributed by atoms with E-state index in [1.54, 1.807) is 7.11 Å². The molecule has 1 aromatic heterocycles. The smallest absolute Gasteiger partial charge is 0.225 e. The third-order valence-corrected chi connectivity index (χ3v) is 5.53. The van der Waals surface area contributed by atoms with Crippen molar-refractivity contribution >= 4 is 5.95 Å². The van der Waals surface area contributed by atoms with E-state index in [0.717, 1.165) is 69.6 Å². The van der Waals surface area contributed by atoms with Crippen LogP contribution in [-0.2, 0) is 17.8 Å². The molecule has 0 amide bonds. The molecule has 0 unspecified atom stereocenters. The van der Waals surface area contributed by atoms with Crippen molar-refractivity contribution in [3.63, 3.8) is 0 Å². The summed E-state index contributed by atoms with van der Waals surface area (Å²) in [5.74, 6) is 1.76. The number of hydrogen-bond donors (Lipinski definition) is 0. The van der Waals surface area contributed by atoms with Crippen LogP contribution in [0.1, 0.15) is 36.9 Å². The number of methoxy groups -OCH3 is 1. The van der Waals surface area contributed by atoms with Gasteiger partial charge in [0, 0.05) is 45.5 Å². The SMILES string of the molecule is COc1ccc(CN(Cc2ccnc(N3CCCC3)n2)C[C@@H]2CCCO2)cc1. The van der Waals surface area contributed by atoms with Gasteiger partial charge in [-0.15, -0.1) is 0 Å². The Hall–Kier alpha value is -2.18. The Balaban J connectivity index is 1.46. The zero-order chi connectivity index (χ0) is 19.2. The first-order chi connectivity index (χ1) is 13.8. The van der Waals surface area contributed by atoms with Crippen LogP contribution >= 0.6 is 0 Å². The Morgan fingerprint density at radius 2 is 1.93 bits per heavy atom. The summed E-state index contributed by atoms with van der Waals surface area (Å²) in [6, 6.07) is 10.4. The van der Waals surface area contributed by atoms with Gasteiger partial charge >= 0.3 is 0 Å². The van der Waals surface area contributed by atoms with Crippen LogP contribution in [0, 0.1) is 0 Å². The Morgan fingerprint density at radius 3 is 2.64 bits per heavy atom. The van der Waals surface area contributed by atoms with Crippen LogP contribution in [0.4, 0.5) is 5.95 Å². The second-order valence-corrected chi connectivity index (χ2v) is 7.69. The summed E-state index contributed by atoms with van der Waals surface area (Å²) < 4.78 is 11.2. The van der Waals surface area contributed by atoms with Gasteiger partial charge in [-0.2, -0.15) is 0 Å². The molecule has 2 aromatic rings. The van der Waals surface area contributed by atoms with Crippen molar-refractivity contribution in [2.45, 2.75) is 44.9 Å². The van der Waals surface area contributed by atoms with E-state index in [4.69, 9.17) is 14.5 Å². The molecule has 1 aromatic carbocycles. The standard InChI is InChI=1S/C22H30N4O2/c1-27-20-8-6-18(7-9-20)15-25(17-21-5-4-14-28-21)16-19-10-11-23-22(24-19)26-12-2-3-13-26/h6-11,21H,2-5,12-17H2,1H3/t21-/m0/s1. The first-order valence-corrected chi connectivity index (χ1v) is 10.3. The largest absolute Gasteiger partial charge is 0.497 e. The molecule has 1 atom stereocenters. The van der Waals surface area contributed by atoms with Gasteiger partial charge in [-0.05, 0) is 49.4 Å². The van der Waals surface area contributed by atoms with Gasteiger partial charge in [0.05, 0.1) is 18.9 Å². The summed E-state index contributed by atoms with van der Waals surface area (Å²) in [4.78, 5) is 14.1. The third-order valence-electron chi connectivity index (χ3n) is 5.53. The Kier molecular flexibility index (Phi) is 6.39. The molecule has 2 aliphatic heterocycles. The number of aromatic nitrogens is 2. The van der Waals surface area contributed by atoms with E-state index in [-0.39, 0.29) is 0 Å². The molecule has 2 fully saturated rings. The topological polar surface area (TPSA) is 50.7 Å². The van der Waals surface area contributed by atoms with Gasteiger partial charge in [0.25, 0.3) is 0 Å². The van der Waals surface area contributed by atoms with E-state index in [1.165, 1.54) is 18.4 Å². The molecule has 0 saturated carbocycles. The quantitative estimate of drug-likeness (QED) is 0.698. The normalized spacial score (nSPS) is 19.5. The minimum absolute atomic E-state index is 0.318. The van der Waals surface area contributed by atoms with E-state index in [2.05, 4.69) is 26.9 Å². The molecule has 6 heteroatoms. The first kappa shape index (κ1) is 19.2. The predicted octanol–water partition coefficient (Wildman–Crippen LogP) is 3.27. The van der Waals surface area contributed by atoms with E-state index in [0.29, 0.717) is 6.10 Å². The summed E-state index contributed by atoms with van der Waals surface area (Å²) in [5.41, 5.74) is 2.34. The lowest BCUT2D eigenvalue weighted by molar-refractivity contribution is 0.0675. The molecule has 6 nitrogen and oxygen atoms in total. The van der Waals surface area contributed by atoms with Crippen LogP contribution in [0.15, 0.2) is 36.5 Å². The van der Waals surface area contributed by atoms with Gasteiger partial charge < -0.3 is 14.4 Å². The van der Waals surface area contributed by atoms with Gasteiger partial charge in [0.15, 0.2) is 0 Å². The number of rotatable bonds is 8. The predicted molar refractivity (Wildman–Crippen MR) is 110 cm³/mol. The fourth-order valence-corrected chi connectivity index (χ4v) is 4.02. The van der Waals surface area contributed by atoms with Crippen molar-refractivity contribution in [3.05, 3.63) is 47.8 Å². The monoisotopic (exact) mass is 382 g/mol. The number of benzene rings is 1. The molecule has 0 spiro atoms. The van der Waals surface area contributed by atoms with Gasteiger partial charge in [-0.1, -0.05) is 12.1 Å². The minimum atomic E-state index is 0.318. The van der Waals surface area contributed by atoms with Crippen molar-refractivity contribution < 1.29 is 9.47 Å². The third kappa shape index (κ3) is 5.00. The second-order valence-electron chi connectivity index (χ2n) is 7.69. The summed E-state index contributed by atoms with van der Waals surface area (Å²) in [5, 5.41) is 0. The fourth-order valence-electron chi connectivity index (χ4n) is 4.02. The molecule has 28 heavy (non-hydrogen) atoms. The first-order valence-electron chi connectivity index (χ1n) is 10.3. The molecule has 4 rings (SSSR count). The molecule has 0 aliphatic carbocycles. The Labute approximate surface area is 167 Å².